The van der Waals surface area contributed by atoms with Gasteiger partial charge in [0.15, 0.2) is 0 Å². The van der Waals surface area contributed by atoms with Crippen LogP contribution in [0.3, 0.4) is 0 Å². The topological polar surface area (TPSA) is 92.6 Å². The number of nitro benzene ring substituents is 1. The number of hydrogen-bond acceptors (Lipinski definition) is 4. The molecule has 0 atom stereocenters. The highest BCUT2D eigenvalue weighted by atomic mass is 19.4. The SMILES string of the molecule is Cc1ccc(C(=O)N(C)CC(=O)Nc2ccccc2C(F)(F)F)cc1[N+](=O)[O-]. The maximum atomic E-state index is 13.0. The predicted octanol–water partition coefficient (Wildman–Crippen LogP) is 3.63. The van der Waals surface area contributed by atoms with E-state index in [1.165, 1.54) is 38.2 Å². The zero-order valence-electron chi connectivity index (χ0n) is 14.9. The fourth-order valence-electron chi connectivity index (χ4n) is 2.48. The van der Waals surface area contributed by atoms with Crippen LogP contribution in [0.1, 0.15) is 21.5 Å². The van der Waals surface area contributed by atoms with Gasteiger partial charge in [-0.1, -0.05) is 18.2 Å². The van der Waals surface area contributed by atoms with Crippen LogP contribution < -0.4 is 5.32 Å². The predicted molar refractivity (Wildman–Crippen MR) is 94.9 cm³/mol. The van der Waals surface area contributed by atoms with E-state index in [2.05, 4.69) is 5.32 Å². The van der Waals surface area contributed by atoms with Crippen molar-refractivity contribution < 1.29 is 27.7 Å². The van der Waals surface area contributed by atoms with Crippen molar-refractivity contribution in [2.24, 2.45) is 0 Å². The third kappa shape index (κ3) is 4.84. The molecule has 28 heavy (non-hydrogen) atoms. The first-order valence-electron chi connectivity index (χ1n) is 7.97. The summed E-state index contributed by atoms with van der Waals surface area (Å²) in [6.45, 7) is 0.980. The van der Waals surface area contributed by atoms with Crippen LogP contribution >= 0.6 is 0 Å². The van der Waals surface area contributed by atoms with Gasteiger partial charge in [0.05, 0.1) is 22.7 Å². The van der Waals surface area contributed by atoms with E-state index in [1.807, 2.05) is 0 Å². The first-order chi connectivity index (χ1) is 13.0. The summed E-state index contributed by atoms with van der Waals surface area (Å²) in [5.41, 5.74) is -1.32. The van der Waals surface area contributed by atoms with E-state index >= 15 is 0 Å². The van der Waals surface area contributed by atoms with E-state index in [-0.39, 0.29) is 11.3 Å². The fourth-order valence-corrected chi connectivity index (χ4v) is 2.48. The molecule has 0 heterocycles. The molecule has 0 spiro atoms. The minimum Gasteiger partial charge on any atom is -0.332 e. The molecule has 1 N–H and O–H groups in total. The minimum atomic E-state index is -4.65. The number of nitrogens with zero attached hydrogens (tertiary/aromatic N) is 2. The van der Waals surface area contributed by atoms with Crippen LogP contribution in [0.25, 0.3) is 0 Å². The van der Waals surface area contributed by atoms with Gasteiger partial charge >= 0.3 is 6.18 Å². The molecule has 7 nitrogen and oxygen atoms in total. The molecular formula is C18H16F3N3O4. The number of nitrogens with one attached hydrogen (secondary N) is 1. The van der Waals surface area contributed by atoms with Crippen molar-refractivity contribution >= 4 is 23.2 Å². The van der Waals surface area contributed by atoms with Gasteiger partial charge in [0.2, 0.25) is 5.91 Å². The molecule has 2 aromatic rings. The number of halogens is 3. The molecule has 0 radical (unpaired) electrons. The summed E-state index contributed by atoms with van der Waals surface area (Å²) in [4.78, 5) is 35.8. The van der Waals surface area contributed by atoms with Crippen LogP contribution in [0.5, 0.6) is 0 Å². The van der Waals surface area contributed by atoms with E-state index in [4.69, 9.17) is 0 Å². The second-order valence-corrected chi connectivity index (χ2v) is 6.01. The quantitative estimate of drug-likeness (QED) is 0.618. The van der Waals surface area contributed by atoms with E-state index in [9.17, 15) is 32.9 Å². The Morgan fingerprint density at radius 1 is 1.18 bits per heavy atom. The van der Waals surface area contributed by atoms with E-state index < -0.39 is 40.7 Å². The summed E-state index contributed by atoms with van der Waals surface area (Å²) in [5, 5.41) is 13.1. The van der Waals surface area contributed by atoms with Gasteiger partial charge in [0.1, 0.15) is 0 Å². The molecule has 0 aliphatic carbocycles. The molecular weight excluding hydrogens is 379 g/mol. The van der Waals surface area contributed by atoms with Gasteiger partial charge in [-0.2, -0.15) is 13.2 Å². The third-order valence-corrected chi connectivity index (χ3v) is 3.89. The van der Waals surface area contributed by atoms with Gasteiger partial charge in [-0.3, -0.25) is 19.7 Å². The van der Waals surface area contributed by atoms with Crippen molar-refractivity contribution in [3.8, 4) is 0 Å². The van der Waals surface area contributed by atoms with E-state index in [0.717, 1.165) is 23.1 Å². The largest absolute Gasteiger partial charge is 0.418 e. The van der Waals surface area contributed by atoms with Crippen LogP contribution in [-0.2, 0) is 11.0 Å². The summed E-state index contributed by atoms with van der Waals surface area (Å²) in [5.74, 6) is -1.52. The minimum absolute atomic E-state index is 0.0108. The molecule has 0 aromatic heterocycles. The first kappa shape index (κ1) is 20.9. The van der Waals surface area contributed by atoms with Crippen LogP contribution in [0.2, 0.25) is 0 Å². The van der Waals surface area contributed by atoms with Crippen molar-refractivity contribution in [2.45, 2.75) is 13.1 Å². The number of aryl methyl sites for hydroxylation is 1. The molecule has 0 saturated heterocycles. The number of carbonyl (C=O) groups is 2. The Labute approximate surface area is 157 Å². The van der Waals surface area contributed by atoms with Crippen molar-refractivity contribution in [2.75, 3.05) is 18.9 Å². The van der Waals surface area contributed by atoms with Crippen molar-refractivity contribution in [1.82, 2.24) is 4.90 Å². The van der Waals surface area contributed by atoms with Crippen LogP contribution in [0, 0.1) is 17.0 Å². The number of para-hydroxylation sites is 1. The van der Waals surface area contributed by atoms with Gasteiger partial charge in [-0.25, -0.2) is 0 Å². The van der Waals surface area contributed by atoms with Crippen LogP contribution in [0.4, 0.5) is 24.5 Å². The number of benzene rings is 2. The Balaban J connectivity index is 2.12. The number of alkyl halides is 3. The lowest BCUT2D eigenvalue weighted by Crippen LogP contribution is -2.35. The van der Waals surface area contributed by atoms with Gasteiger partial charge in [-0.15, -0.1) is 0 Å². The van der Waals surface area contributed by atoms with Gasteiger partial charge in [-0.05, 0) is 25.1 Å². The van der Waals surface area contributed by atoms with Crippen LogP contribution in [0.15, 0.2) is 42.5 Å². The highest BCUT2D eigenvalue weighted by Gasteiger charge is 2.33. The molecule has 0 aliphatic rings. The average Bonchev–Trinajstić information content (AvgIpc) is 2.60. The fraction of sp³-hybridized carbons (Fsp3) is 0.222. The average molecular weight is 395 g/mol. The zero-order valence-corrected chi connectivity index (χ0v) is 14.9. The highest BCUT2D eigenvalue weighted by Crippen LogP contribution is 2.34. The lowest BCUT2D eigenvalue weighted by molar-refractivity contribution is -0.385. The molecule has 2 rings (SSSR count). The molecule has 0 saturated carbocycles. The Morgan fingerprint density at radius 2 is 1.82 bits per heavy atom. The number of rotatable bonds is 5. The molecule has 10 heteroatoms. The second-order valence-electron chi connectivity index (χ2n) is 6.01. The van der Waals surface area contributed by atoms with E-state index in [0.29, 0.717) is 5.56 Å². The van der Waals surface area contributed by atoms with Crippen molar-refractivity contribution in [1.29, 1.82) is 0 Å². The monoisotopic (exact) mass is 395 g/mol. The Morgan fingerprint density at radius 3 is 2.43 bits per heavy atom. The Kier molecular flexibility index (Phi) is 6.02. The van der Waals surface area contributed by atoms with Gasteiger partial charge in [0.25, 0.3) is 11.6 Å². The first-order valence-corrected chi connectivity index (χ1v) is 7.97. The molecule has 0 fully saturated rings. The summed E-state index contributed by atoms with van der Waals surface area (Å²) >= 11 is 0. The zero-order chi connectivity index (χ0) is 21.1. The smallest absolute Gasteiger partial charge is 0.332 e. The number of anilines is 1. The molecule has 0 aliphatic heterocycles. The molecule has 0 unspecified atom stereocenters. The molecule has 0 bridgehead atoms. The Bertz CT molecular complexity index is 929. The van der Waals surface area contributed by atoms with E-state index in [1.54, 1.807) is 0 Å². The molecule has 148 valence electrons. The maximum Gasteiger partial charge on any atom is 0.418 e. The normalized spacial score (nSPS) is 11.0. The number of carbonyl (C=O) groups excluding carboxylic acids is 2. The molecule has 2 aromatic carbocycles. The molecule has 2 amide bonds. The standard InChI is InChI=1S/C18H16F3N3O4/c1-11-7-8-12(9-15(11)24(27)28)17(26)23(2)10-16(25)22-14-6-4-3-5-13(14)18(19,20)21/h3-9H,10H2,1-2H3,(H,22,25). The second kappa shape index (κ2) is 8.07. The third-order valence-electron chi connectivity index (χ3n) is 3.89. The van der Waals surface area contributed by atoms with Gasteiger partial charge in [0, 0.05) is 24.2 Å². The van der Waals surface area contributed by atoms with Crippen molar-refractivity contribution in [3.63, 3.8) is 0 Å². The number of nitro groups is 1. The summed E-state index contributed by atoms with van der Waals surface area (Å²) in [6, 6.07) is 8.33. The lowest BCUT2D eigenvalue weighted by atomic mass is 10.1. The summed E-state index contributed by atoms with van der Waals surface area (Å²) in [6.07, 6.45) is -4.65. The maximum absolute atomic E-state index is 13.0. The lowest BCUT2D eigenvalue weighted by Gasteiger charge is -2.18. The number of amides is 2. The number of hydrogen-bond donors (Lipinski definition) is 1. The highest BCUT2D eigenvalue weighted by molar-refractivity contribution is 5.99. The van der Waals surface area contributed by atoms with Crippen LogP contribution in [-0.4, -0.2) is 35.2 Å². The number of likely N-dealkylation sites (N-methyl/N-ethyl adjacent to an activating group) is 1. The Hall–Kier alpha value is -3.43. The van der Waals surface area contributed by atoms with Gasteiger partial charge < -0.3 is 10.2 Å². The summed E-state index contributed by atoms with van der Waals surface area (Å²) in [7, 11) is 1.27. The van der Waals surface area contributed by atoms with Crippen molar-refractivity contribution in [3.05, 3.63) is 69.3 Å². The summed E-state index contributed by atoms with van der Waals surface area (Å²) < 4.78 is 38.9.